The van der Waals surface area contributed by atoms with Gasteiger partial charge >= 0.3 is 0 Å². The van der Waals surface area contributed by atoms with E-state index in [1.165, 1.54) is 6.07 Å². The van der Waals surface area contributed by atoms with Gasteiger partial charge in [-0.15, -0.1) is 0 Å². The summed E-state index contributed by atoms with van der Waals surface area (Å²) in [4.78, 5) is 11.1. The maximum Gasteiger partial charge on any atom is 0.284 e. The Morgan fingerprint density at radius 1 is 1.06 bits per heavy atom. The Labute approximate surface area is 101 Å². The number of amides is 1. The largest absolute Gasteiger partial charge is 0.507 e. The molecule has 1 amide bonds. The molecule has 0 aliphatic heterocycles. The number of nitrogens with two attached hydrogens (primary N) is 1. The zero-order valence-corrected chi connectivity index (χ0v) is 9.18. The highest BCUT2D eigenvalue weighted by molar-refractivity contribution is 6.10. The standard InChI is InChI=1S/C13H9NO4/c14-13(17)9-5-8-10(15)6-3-1-2-4-7(6)11(16)12(8)18-9/h1-5,15-16H,(H2,14,17). The van der Waals surface area contributed by atoms with Crippen LogP contribution in [-0.4, -0.2) is 16.1 Å². The Bertz CT molecular complexity index is 730. The number of benzene rings is 2. The van der Waals surface area contributed by atoms with Crippen LogP contribution >= 0.6 is 0 Å². The van der Waals surface area contributed by atoms with E-state index in [1.54, 1.807) is 24.3 Å². The van der Waals surface area contributed by atoms with E-state index in [9.17, 15) is 15.0 Å². The molecule has 0 bridgehead atoms. The number of furan rings is 1. The van der Waals surface area contributed by atoms with E-state index in [1.807, 2.05) is 0 Å². The van der Waals surface area contributed by atoms with Crippen LogP contribution in [0, 0.1) is 0 Å². The van der Waals surface area contributed by atoms with Crippen molar-refractivity contribution in [2.45, 2.75) is 0 Å². The van der Waals surface area contributed by atoms with Crippen LogP contribution in [0.15, 0.2) is 34.7 Å². The first kappa shape index (κ1) is 10.5. The molecule has 18 heavy (non-hydrogen) atoms. The van der Waals surface area contributed by atoms with E-state index in [0.29, 0.717) is 10.8 Å². The molecule has 0 saturated carbocycles. The molecule has 0 atom stereocenters. The minimum atomic E-state index is -0.756. The zero-order valence-electron chi connectivity index (χ0n) is 9.18. The summed E-state index contributed by atoms with van der Waals surface area (Å²) in [6, 6.07) is 8.10. The minimum Gasteiger partial charge on any atom is -0.507 e. The van der Waals surface area contributed by atoms with Crippen molar-refractivity contribution in [2.24, 2.45) is 5.73 Å². The molecule has 0 aliphatic rings. The van der Waals surface area contributed by atoms with Gasteiger partial charge in [-0.25, -0.2) is 0 Å². The first-order chi connectivity index (χ1) is 8.59. The minimum absolute atomic E-state index is 0.0466. The van der Waals surface area contributed by atoms with Gasteiger partial charge < -0.3 is 20.4 Å². The fourth-order valence-electron chi connectivity index (χ4n) is 2.03. The summed E-state index contributed by atoms with van der Waals surface area (Å²) in [6.07, 6.45) is 0. The molecule has 1 aromatic heterocycles. The summed E-state index contributed by atoms with van der Waals surface area (Å²) in [6.45, 7) is 0. The van der Waals surface area contributed by atoms with Crippen LogP contribution in [0.3, 0.4) is 0 Å². The van der Waals surface area contributed by atoms with Gasteiger partial charge in [-0.05, 0) is 0 Å². The van der Waals surface area contributed by atoms with Crippen LogP contribution in [0.25, 0.3) is 21.7 Å². The van der Waals surface area contributed by atoms with Crippen molar-refractivity contribution in [2.75, 3.05) is 0 Å². The van der Waals surface area contributed by atoms with Gasteiger partial charge in [0.1, 0.15) is 5.75 Å². The third-order valence-corrected chi connectivity index (χ3v) is 2.88. The van der Waals surface area contributed by atoms with E-state index >= 15 is 0 Å². The number of rotatable bonds is 1. The molecular formula is C13H9NO4. The molecule has 2 aromatic carbocycles. The third kappa shape index (κ3) is 1.24. The number of hydrogen-bond donors (Lipinski definition) is 3. The number of hydrogen-bond acceptors (Lipinski definition) is 4. The quantitative estimate of drug-likeness (QED) is 0.570. The Kier molecular flexibility index (Phi) is 1.98. The number of carbonyl (C=O) groups is 1. The molecule has 0 aliphatic carbocycles. The molecule has 0 spiro atoms. The summed E-state index contributed by atoms with van der Waals surface area (Å²) < 4.78 is 5.16. The maximum absolute atomic E-state index is 11.1. The fourth-order valence-corrected chi connectivity index (χ4v) is 2.03. The van der Waals surface area contributed by atoms with Crippen LogP contribution in [0.2, 0.25) is 0 Å². The highest BCUT2D eigenvalue weighted by atomic mass is 16.4. The second kappa shape index (κ2) is 3.40. The second-order valence-electron chi connectivity index (χ2n) is 3.96. The SMILES string of the molecule is NC(=O)c1cc2c(O)c3ccccc3c(O)c2o1. The van der Waals surface area contributed by atoms with E-state index in [0.717, 1.165) is 0 Å². The van der Waals surface area contributed by atoms with E-state index in [4.69, 9.17) is 10.2 Å². The fraction of sp³-hybridized carbons (Fsp3) is 0. The number of primary amides is 1. The van der Waals surface area contributed by atoms with Crippen molar-refractivity contribution in [3.63, 3.8) is 0 Å². The van der Waals surface area contributed by atoms with Crippen molar-refractivity contribution in [1.82, 2.24) is 0 Å². The zero-order chi connectivity index (χ0) is 12.9. The van der Waals surface area contributed by atoms with E-state index in [2.05, 4.69) is 0 Å². The van der Waals surface area contributed by atoms with Gasteiger partial charge in [0.05, 0.1) is 5.39 Å². The average molecular weight is 243 g/mol. The molecule has 5 heteroatoms. The molecular weight excluding hydrogens is 234 g/mol. The van der Waals surface area contributed by atoms with Crippen molar-refractivity contribution >= 4 is 27.6 Å². The Balaban J connectivity index is 2.54. The van der Waals surface area contributed by atoms with Gasteiger partial charge in [-0.3, -0.25) is 4.79 Å². The average Bonchev–Trinajstić information content (AvgIpc) is 2.81. The van der Waals surface area contributed by atoms with Crippen LogP contribution < -0.4 is 5.73 Å². The first-order valence-electron chi connectivity index (χ1n) is 5.25. The normalized spacial score (nSPS) is 11.1. The summed E-state index contributed by atoms with van der Waals surface area (Å²) in [5, 5.41) is 21.4. The Hall–Kier alpha value is -2.69. The molecule has 0 unspecified atom stereocenters. The highest BCUT2D eigenvalue weighted by Crippen LogP contribution is 2.42. The predicted molar refractivity (Wildman–Crippen MR) is 65.6 cm³/mol. The van der Waals surface area contributed by atoms with Crippen molar-refractivity contribution < 1.29 is 19.4 Å². The van der Waals surface area contributed by atoms with Crippen LogP contribution in [0.1, 0.15) is 10.6 Å². The molecule has 4 N–H and O–H groups in total. The van der Waals surface area contributed by atoms with Gasteiger partial charge in [0.25, 0.3) is 5.91 Å². The molecule has 90 valence electrons. The monoisotopic (exact) mass is 243 g/mol. The van der Waals surface area contributed by atoms with Crippen molar-refractivity contribution in [3.05, 3.63) is 36.1 Å². The predicted octanol–water partition coefficient (Wildman–Crippen LogP) is 2.10. The lowest BCUT2D eigenvalue weighted by molar-refractivity contribution is 0.0976. The molecule has 3 rings (SSSR count). The number of phenols is 2. The first-order valence-corrected chi connectivity index (χ1v) is 5.25. The highest BCUT2D eigenvalue weighted by Gasteiger charge is 2.18. The van der Waals surface area contributed by atoms with Crippen molar-refractivity contribution in [1.29, 1.82) is 0 Å². The number of aromatic hydroxyl groups is 2. The molecule has 0 saturated heterocycles. The van der Waals surface area contributed by atoms with Crippen LogP contribution in [-0.2, 0) is 0 Å². The molecule has 0 radical (unpaired) electrons. The lowest BCUT2D eigenvalue weighted by Gasteiger charge is -2.04. The summed E-state index contributed by atoms with van der Waals surface area (Å²) in [5.74, 6) is -1.03. The van der Waals surface area contributed by atoms with Crippen molar-refractivity contribution in [3.8, 4) is 11.5 Å². The summed E-state index contributed by atoms with van der Waals surface area (Å²) in [5.41, 5.74) is 5.16. The van der Waals surface area contributed by atoms with E-state index in [-0.39, 0.29) is 28.2 Å². The molecule has 1 heterocycles. The molecule has 5 nitrogen and oxygen atoms in total. The van der Waals surface area contributed by atoms with Crippen LogP contribution in [0.5, 0.6) is 11.5 Å². The topological polar surface area (TPSA) is 96.7 Å². The van der Waals surface area contributed by atoms with E-state index < -0.39 is 5.91 Å². The Morgan fingerprint density at radius 2 is 1.67 bits per heavy atom. The number of fused-ring (bicyclic) bond motifs is 2. The van der Waals surface area contributed by atoms with Crippen LogP contribution in [0.4, 0.5) is 0 Å². The lowest BCUT2D eigenvalue weighted by Crippen LogP contribution is -2.08. The maximum atomic E-state index is 11.1. The van der Waals surface area contributed by atoms with Gasteiger partial charge in [-0.1, -0.05) is 24.3 Å². The summed E-state index contributed by atoms with van der Waals surface area (Å²) in [7, 11) is 0. The van der Waals surface area contributed by atoms with Gasteiger partial charge in [0, 0.05) is 16.8 Å². The number of phenolic OH excluding ortho intramolecular Hbond substituents is 2. The third-order valence-electron chi connectivity index (χ3n) is 2.88. The van der Waals surface area contributed by atoms with Gasteiger partial charge in [0.2, 0.25) is 0 Å². The summed E-state index contributed by atoms with van der Waals surface area (Å²) >= 11 is 0. The van der Waals surface area contributed by atoms with Gasteiger partial charge in [0.15, 0.2) is 17.1 Å². The smallest absolute Gasteiger partial charge is 0.284 e. The molecule has 0 fully saturated rings. The number of carbonyl (C=O) groups excluding carboxylic acids is 1. The lowest BCUT2D eigenvalue weighted by atomic mass is 10.1. The Morgan fingerprint density at radius 3 is 2.28 bits per heavy atom. The second-order valence-corrected chi connectivity index (χ2v) is 3.96. The van der Waals surface area contributed by atoms with Gasteiger partial charge in [-0.2, -0.15) is 0 Å². The molecule has 3 aromatic rings.